The van der Waals surface area contributed by atoms with Crippen molar-refractivity contribution in [3.05, 3.63) is 58.7 Å². The molecule has 0 saturated carbocycles. The number of benzene rings is 2. The molecule has 3 amide bonds. The van der Waals surface area contributed by atoms with Crippen LogP contribution in [-0.4, -0.2) is 18.5 Å². The third-order valence-electron chi connectivity index (χ3n) is 4.95. The van der Waals surface area contributed by atoms with E-state index >= 15 is 0 Å². The van der Waals surface area contributed by atoms with Gasteiger partial charge in [-0.15, -0.1) is 0 Å². The van der Waals surface area contributed by atoms with E-state index < -0.39 is 0 Å². The van der Waals surface area contributed by atoms with Gasteiger partial charge in [-0.05, 0) is 54.7 Å². The number of carbonyl (C=O) groups excluding carboxylic acids is 2. The van der Waals surface area contributed by atoms with E-state index in [1.165, 1.54) is 5.56 Å². The van der Waals surface area contributed by atoms with E-state index in [2.05, 4.69) is 16.7 Å². The predicted octanol–water partition coefficient (Wildman–Crippen LogP) is 3.92. The fourth-order valence-electron chi connectivity index (χ4n) is 3.25. The van der Waals surface area contributed by atoms with E-state index in [0.29, 0.717) is 13.0 Å². The standard InChI is InChI=1S/C21H25N3O2/c1-4-20(25)24-11-10-17-12-16(8-9-19(17)24)13-22-21(26)23-18-7-5-6-14(2)15(18)3/h5-9,12H,4,10-11,13H2,1-3H3,(H2,22,23,26). The summed E-state index contributed by atoms with van der Waals surface area (Å²) in [6.45, 7) is 7.09. The Bertz CT molecular complexity index is 845. The number of anilines is 2. The third-order valence-corrected chi connectivity index (χ3v) is 4.95. The molecule has 2 aromatic rings. The quantitative estimate of drug-likeness (QED) is 0.877. The molecule has 1 heterocycles. The topological polar surface area (TPSA) is 61.4 Å². The molecule has 0 saturated heterocycles. The Morgan fingerprint density at radius 2 is 1.96 bits per heavy atom. The lowest BCUT2D eigenvalue weighted by molar-refractivity contribution is -0.118. The summed E-state index contributed by atoms with van der Waals surface area (Å²) in [5.74, 6) is 0.155. The summed E-state index contributed by atoms with van der Waals surface area (Å²) in [6.07, 6.45) is 1.38. The zero-order valence-corrected chi connectivity index (χ0v) is 15.6. The highest BCUT2D eigenvalue weighted by Crippen LogP contribution is 2.29. The Labute approximate surface area is 154 Å². The van der Waals surface area contributed by atoms with Crippen LogP contribution in [0.3, 0.4) is 0 Å². The molecule has 1 aliphatic heterocycles. The molecule has 2 N–H and O–H groups in total. The first-order chi connectivity index (χ1) is 12.5. The van der Waals surface area contributed by atoms with Crippen molar-refractivity contribution in [3.63, 3.8) is 0 Å². The molecule has 3 rings (SSSR count). The molecule has 0 unspecified atom stereocenters. The number of hydrogen-bond donors (Lipinski definition) is 2. The van der Waals surface area contributed by atoms with Gasteiger partial charge < -0.3 is 15.5 Å². The number of aryl methyl sites for hydroxylation is 1. The van der Waals surface area contributed by atoms with Gasteiger partial charge in [-0.3, -0.25) is 4.79 Å². The number of nitrogens with one attached hydrogen (secondary N) is 2. The van der Waals surface area contributed by atoms with E-state index in [1.807, 2.05) is 56.0 Å². The lowest BCUT2D eigenvalue weighted by atomic mass is 10.1. The summed E-state index contributed by atoms with van der Waals surface area (Å²) in [4.78, 5) is 26.0. The van der Waals surface area contributed by atoms with Crippen LogP contribution in [-0.2, 0) is 17.8 Å². The third kappa shape index (κ3) is 3.72. The lowest BCUT2D eigenvalue weighted by Crippen LogP contribution is -2.28. The number of hydrogen-bond acceptors (Lipinski definition) is 2. The van der Waals surface area contributed by atoms with Crippen LogP contribution in [0.2, 0.25) is 0 Å². The highest BCUT2D eigenvalue weighted by atomic mass is 16.2. The normalized spacial score (nSPS) is 12.7. The van der Waals surface area contributed by atoms with Crippen LogP contribution in [0.25, 0.3) is 0 Å². The fraction of sp³-hybridized carbons (Fsp3) is 0.333. The average Bonchev–Trinajstić information content (AvgIpc) is 3.06. The number of nitrogens with zero attached hydrogens (tertiary/aromatic N) is 1. The van der Waals surface area contributed by atoms with E-state index in [9.17, 15) is 9.59 Å². The van der Waals surface area contributed by atoms with E-state index in [0.717, 1.165) is 41.0 Å². The molecule has 0 radical (unpaired) electrons. The smallest absolute Gasteiger partial charge is 0.319 e. The van der Waals surface area contributed by atoms with Gasteiger partial charge in [0.25, 0.3) is 0 Å². The number of urea groups is 1. The van der Waals surface area contributed by atoms with Crippen LogP contribution < -0.4 is 15.5 Å². The molecule has 5 heteroatoms. The van der Waals surface area contributed by atoms with E-state index in [4.69, 9.17) is 0 Å². The van der Waals surface area contributed by atoms with Crippen molar-refractivity contribution in [2.45, 2.75) is 40.2 Å². The Morgan fingerprint density at radius 1 is 1.15 bits per heavy atom. The van der Waals surface area contributed by atoms with Gasteiger partial charge in [0.1, 0.15) is 0 Å². The Morgan fingerprint density at radius 3 is 2.73 bits per heavy atom. The van der Waals surface area contributed by atoms with Crippen molar-refractivity contribution in [3.8, 4) is 0 Å². The highest BCUT2D eigenvalue weighted by Gasteiger charge is 2.23. The Hall–Kier alpha value is -2.82. The molecule has 0 spiro atoms. The second kappa shape index (κ2) is 7.60. The largest absolute Gasteiger partial charge is 0.334 e. The van der Waals surface area contributed by atoms with Gasteiger partial charge >= 0.3 is 6.03 Å². The number of rotatable bonds is 4. The fourth-order valence-corrected chi connectivity index (χ4v) is 3.25. The lowest BCUT2D eigenvalue weighted by Gasteiger charge is -2.16. The summed E-state index contributed by atoms with van der Waals surface area (Å²) < 4.78 is 0. The summed E-state index contributed by atoms with van der Waals surface area (Å²) in [7, 11) is 0. The van der Waals surface area contributed by atoms with E-state index in [-0.39, 0.29) is 11.9 Å². The minimum absolute atomic E-state index is 0.155. The van der Waals surface area contributed by atoms with Gasteiger partial charge in [0, 0.05) is 30.9 Å². The summed E-state index contributed by atoms with van der Waals surface area (Å²) in [6, 6.07) is 11.7. The maximum absolute atomic E-state index is 12.2. The molecule has 136 valence electrons. The summed E-state index contributed by atoms with van der Waals surface area (Å²) >= 11 is 0. The maximum atomic E-state index is 12.2. The zero-order chi connectivity index (χ0) is 18.7. The Kier molecular flexibility index (Phi) is 5.26. The minimum Gasteiger partial charge on any atom is -0.334 e. The average molecular weight is 351 g/mol. The maximum Gasteiger partial charge on any atom is 0.319 e. The van der Waals surface area contributed by atoms with Crippen LogP contribution in [0.1, 0.15) is 35.6 Å². The second-order valence-corrected chi connectivity index (χ2v) is 6.67. The molecule has 2 aromatic carbocycles. The Balaban J connectivity index is 1.61. The van der Waals surface area contributed by atoms with Crippen LogP contribution >= 0.6 is 0 Å². The van der Waals surface area contributed by atoms with Gasteiger partial charge in [-0.2, -0.15) is 0 Å². The molecule has 0 fully saturated rings. The molecule has 0 atom stereocenters. The second-order valence-electron chi connectivity index (χ2n) is 6.67. The number of carbonyl (C=O) groups is 2. The molecule has 0 aromatic heterocycles. The molecule has 5 nitrogen and oxygen atoms in total. The zero-order valence-electron chi connectivity index (χ0n) is 15.6. The van der Waals surface area contributed by atoms with Crippen LogP contribution in [0.15, 0.2) is 36.4 Å². The first-order valence-electron chi connectivity index (χ1n) is 9.03. The van der Waals surface area contributed by atoms with Crippen molar-refractivity contribution in [1.82, 2.24) is 5.32 Å². The first kappa shape index (κ1) is 18.0. The first-order valence-corrected chi connectivity index (χ1v) is 9.03. The van der Waals surface area contributed by atoms with Crippen molar-refractivity contribution in [1.29, 1.82) is 0 Å². The monoisotopic (exact) mass is 351 g/mol. The molecule has 26 heavy (non-hydrogen) atoms. The van der Waals surface area contributed by atoms with Gasteiger partial charge in [0.2, 0.25) is 5.91 Å². The van der Waals surface area contributed by atoms with Crippen molar-refractivity contribution in [2.24, 2.45) is 0 Å². The van der Waals surface area contributed by atoms with Crippen molar-refractivity contribution < 1.29 is 9.59 Å². The van der Waals surface area contributed by atoms with Gasteiger partial charge in [-0.25, -0.2) is 4.79 Å². The molecule has 0 aliphatic carbocycles. The molecular formula is C21H25N3O2. The SMILES string of the molecule is CCC(=O)N1CCc2cc(CNC(=O)Nc3cccc(C)c3C)ccc21. The number of amides is 3. The van der Waals surface area contributed by atoms with Crippen molar-refractivity contribution >= 4 is 23.3 Å². The predicted molar refractivity (Wildman–Crippen MR) is 105 cm³/mol. The van der Waals surface area contributed by atoms with Crippen molar-refractivity contribution in [2.75, 3.05) is 16.8 Å². The van der Waals surface area contributed by atoms with E-state index in [1.54, 1.807) is 0 Å². The highest BCUT2D eigenvalue weighted by molar-refractivity contribution is 5.95. The summed E-state index contributed by atoms with van der Waals surface area (Å²) in [5.41, 5.74) is 6.24. The van der Waals surface area contributed by atoms with Gasteiger partial charge in [0.15, 0.2) is 0 Å². The summed E-state index contributed by atoms with van der Waals surface area (Å²) in [5, 5.41) is 5.80. The van der Waals surface area contributed by atoms with Gasteiger partial charge in [0.05, 0.1) is 0 Å². The molecule has 1 aliphatic rings. The van der Waals surface area contributed by atoms with Crippen LogP contribution in [0, 0.1) is 13.8 Å². The molecular weight excluding hydrogens is 326 g/mol. The van der Waals surface area contributed by atoms with Crippen LogP contribution in [0.5, 0.6) is 0 Å². The van der Waals surface area contributed by atoms with Gasteiger partial charge in [-0.1, -0.05) is 31.2 Å². The minimum atomic E-state index is -0.220. The van der Waals surface area contributed by atoms with Crippen LogP contribution in [0.4, 0.5) is 16.2 Å². The number of fused-ring (bicyclic) bond motifs is 1. The molecule has 0 bridgehead atoms.